The molecule has 0 unspecified atom stereocenters. The fourth-order valence-electron chi connectivity index (χ4n) is 3.63. The van der Waals surface area contributed by atoms with E-state index < -0.39 is 0 Å². The molecule has 3 atom stereocenters. The number of nitrogens with two attached hydrogens (primary N) is 1. The zero-order valence-corrected chi connectivity index (χ0v) is 11.1. The third-order valence-corrected chi connectivity index (χ3v) is 4.38. The van der Waals surface area contributed by atoms with Gasteiger partial charge in [-0.2, -0.15) is 0 Å². The minimum atomic E-state index is -0.0675. The Balaban J connectivity index is 2.05. The smallest absolute Gasteiger partial charge is 0.126 e. The van der Waals surface area contributed by atoms with E-state index in [1.807, 2.05) is 19.9 Å². The van der Waals surface area contributed by atoms with Gasteiger partial charge in [0.15, 0.2) is 0 Å². The van der Waals surface area contributed by atoms with Gasteiger partial charge in [-0.05, 0) is 49.9 Å². The highest BCUT2D eigenvalue weighted by Crippen LogP contribution is 2.49. The van der Waals surface area contributed by atoms with Crippen molar-refractivity contribution in [2.24, 2.45) is 5.73 Å². The van der Waals surface area contributed by atoms with Crippen LogP contribution < -0.4 is 10.6 Å². The summed E-state index contributed by atoms with van der Waals surface area (Å²) in [7, 11) is 0. The van der Waals surface area contributed by atoms with Gasteiger partial charge in [0, 0.05) is 30.2 Å². The van der Waals surface area contributed by atoms with Crippen molar-refractivity contribution in [3.05, 3.63) is 29.1 Å². The molecule has 1 heterocycles. The summed E-state index contributed by atoms with van der Waals surface area (Å²) >= 11 is 0. The lowest BCUT2D eigenvalue weighted by Gasteiger charge is -2.28. The van der Waals surface area contributed by atoms with Crippen LogP contribution in [0.3, 0.4) is 0 Å². The SMILES string of the molecule is Cc1cc2c(cc1F)[C@H]1CCC[C@H]1N2C[C@H](C)N. The van der Waals surface area contributed by atoms with Gasteiger partial charge in [0.2, 0.25) is 0 Å². The van der Waals surface area contributed by atoms with E-state index in [0.717, 1.165) is 12.1 Å². The fourth-order valence-corrected chi connectivity index (χ4v) is 3.63. The van der Waals surface area contributed by atoms with Gasteiger partial charge in [-0.1, -0.05) is 6.42 Å². The molecule has 3 heteroatoms. The molecule has 1 fully saturated rings. The van der Waals surface area contributed by atoms with Gasteiger partial charge in [-0.3, -0.25) is 0 Å². The molecule has 18 heavy (non-hydrogen) atoms. The van der Waals surface area contributed by atoms with Gasteiger partial charge in [0.05, 0.1) is 0 Å². The average molecular weight is 248 g/mol. The standard InChI is InChI=1S/C15H21FN2/c1-9-6-15-12(7-13(9)16)11-4-3-5-14(11)18(15)8-10(2)17/h6-7,10-11,14H,3-5,8,17H2,1-2H3/t10-,11+,14+/m0/s1. The van der Waals surface area contributed by atoms with E-state index in [-0.39, 0.29) is 11.9 Å². The molecule has 0 bridgehead atoms. The number of rotatable bonds is 2. The Labute approximate surface area is 108 Å². The molecular weight excluding hydrogens is 227 g/mol. The maximum atomic E-state index is 13.8. The maximum Gasteiger partial charge on any atom is 0.126 e. The van der Waals surface area contributed by atoms with Crippen LogP contribution >= 0.6 is 0 Å². The highest BCUT2D eigenvalue weighted by Gasteiger charge is 2.41. The van der Waals surface area contributed by atoms with Crippen LogP contribution in [0.1, 0.15) is 43.2 Å². The first kappa shape index (κ1) is 12.0. The van der Waals surface area contributed by atoms with E-state index in [1.165, 1.54) is 30.5 Å². The largest absolute Gasteiger partial charge is 0.366 e. The molecule has 1 aliphatic carbocycles. The first-order valence-electron chi connectivity index (χ1n) is 6.90. The first-order valence-corrected chi connectivity index (χ1v) is 6.90. The number of nitrogens with zero attached hydrogens (tertiary/aromatic N) is 1. The third kappa shape index (κ3) is 1.72. The number of benzene rings is 1. The summed E-state index contributed by atoms with van der Waals surface area (Å²) in [6, 6.07) is 4.47. The van der Waals surface area contributed by atoms with Crippen LogP contribution in [0.15, 0.2) is 12.1 Å². The van der Waals surface area contributed by atoms with Crippen molar-refractivity contribution < 1.29 is 4.39 Å². The van der Waals surface area contributed by atoms with Crippen LogP contribution in [0, 0.1) is 12.7 Å². The van der Waals surface area contributed by atoms with Gasteiger partial charge in [0.1, 0.15) is 5.82 Å². The van der Waals surface area contributed by atoms with Crippen molar-refractivity contribution in [2.45, 2.75) is 51.1 Å². The van der Waals surface area contributed by atoms with Crippen LogP contribution in [-0.2, 0) is 0 Å². The van der Waals surface area contributed by atoms with Gasteiger partial charge < -0.3 is 10.6 Å². The van der Waals surface area contributed by atoms with Crippen LogP contribution in [0.4, 0.5) is 10.1 Å². The van der Waals surface area contributed by atoms with Crippen molar-refractivity contribution in [3.8, 4) is 0 Å². The van der Waals surface area contributed by atoms with Crippen LogP contribution in [0.25, 0.3) is 0 Å². The highest BCUT2D eigenvalue weighted by molar-refractivity contribution is 5.64. The summed E-state index contributed by atoms with van der Waals surface area (Å²) in [5.74, 6) is 0.455. The number of fused-ring (bicyclic) bond motifs is 3. The Morgan fingerprint density at radius 1 is 1.44 bits per heavy atom. The summed E-state index contributed by atoms with van der Waals surface area (Å²) in [4.78, 5) is 2.42. The molecule has 1 saturated carbocycles. The molecule has 1 aromatic rings. The summed E-state index contributed by atoms with van der Waals surface area (Å²) in [6.45, 7) is 4.76. The van der Waals surface area contributed by atoms with Gasteiger partial charge in [-0.25, -0.2) is 4.39 Å². The van der Waals surface area contributed by atoms with E-state index in [9.17, 15) is 4.39 Å². The van der Waals surface area contributed by atoms with Crippen molar-refractivity contribution >= 4 is 5.69 Å². The van der Waals surface area contributed by atoms with Crippen molar-refractivity contribution in [1.82, 2.24) is 0 Å². The predicted molar refractivity (Wildman–Crippen MR) is 72.5 cm³/mol. The Kier molecular flexibility index (Phi) is 2.81. The normalized spacial score (nSPS) is 27.2. The minimum Gasteiger partial charge on any atom is -0.366 e. The molecule has 1 aromatic carbocycles. The van der Waals surface area contributed by atoms with Gasteiger partial charge >= 0.3 is 0 Å². The third-order valence-electron chi connectivity index (χ3n) is 4.38. The Hall–Kier alpha value is -1.09. The number of hydrogen-bond acceptors (Lipinski definition) is 2. The van der Waals surface area contributed by atoms with Crippen LogP contribution in [0.2, 0.25) is 0 Å². The second-order valence-corrected chi connectivity index (χ2v) is 5.89. The summed E-state index contributed by atoms with van der Waals surface area (Å²) in [6.07, 6.45) is 3.65. The Morgan fingerprint density at radius 3 is 2.94 bits per heavy atom. The zero-order chi connectivity index (χ0) is 12.9. The minimum absolute atomic E-state index is 0.0675. The Bertz CT molecular complexity index is 470. The van der Waals surface area contributed by atoms with Crippen molar-refractivity contribution in [3.63, 3.8) is 0 Å². The highest BCUT2D eigenvalue weighted by atomic mass is 19.1. The topological polar surface area (TPSA) is 29.3 Å². The van der Waals surface area contributed by atoms with Crippen LogP contribution in [-0.4, -0.2) is 18.6 Å². The molecule has 0 amide bonds. The molecule has 2 nitrogen and oxygen atoms in total. The number of halogens is 1. The molecule has 2 N–H and O–H groups in total. The monoisotopic (exact) mass is 248 g/mol. The molecular formula is C15H21FN2. The second-order valence-electron chi connectivity index (χ2n) is 5.89. The average Bonchev–Trinajstić information content (AvgIpc) is 2.85. The molecule has 0 radical (unpaired) electrons. The Morgan fingerprint density at radius 2 is 2.22 bits per heavy atom. The van der Waals surface area contributed by atoms with Crippen molar-refractivity contribution in [1.29, 1.82) is 0 Å². The second kappa shape index (κ2) is 4.23. The summed E-state index contributed by atoms with van der Waals surface area (Å²) in [5, 5.41) is 0. The van der Waals surface area contributed by atoms with E-state index in [2.05, 4.69) is 4.90 Å². The first-order chi connectivity index (χ1) is 8.58. The molecule has 1 aliphatic heterocycles. The van der Waals surface area contributed by atoms with Gasteiger partial charge in [-0.15, -0.1) is 0 Å². The summed E-state index contributed by atoms with van der Waals surface area (Å²) in [5.41, 5.74) is 9.14. The maximum absolute atomic E-state index is 13.8. The molecule has 0 aromatic heterocycles. The lowest BCUT2D eigenvalue weighted by Crippen LogP contribution is -2.40. The number of anilines is 1. The zero-order valence-electron chi connectivity index (χ0n) is 11.1. The summed E-state index contributed by atoms with van der Waals surface area (Å²) < 4.78 is 13.8. The van der Waals surface area contributed by atoms with E-state index >= 15 is 0 Å². The number of aryl methyl sites for hydroxylation is 1. The van der Waals surface area contributed by atoms with E-state index in [0.29, 0.717) is 12.0 Å². The molecule has 98 valence electrons. The van der Waals surface area contributed by atoms with Crippen molar-refractivity contribution in [2.75, 3.05) is 11.4 Å². The van der Waals surface area contributed by atoms with Gasteiger partial charge in [0.25, 0.3) is 0 Å². The predicted octanol–water partition coefficient (Wildman–Crippen LogP) is 2.94. The van der Waals surface area contributed by atoms with E-state index in [1.54, 1.807) is 6.07 Å². The molecule has 2 aliphatic rings. The van der Waals surface area contributed by atoms with Crippen LogP contribution in [0.5, 0.6) is 0 Å². The quantitative estimate of drug-likeness (QED) is 0.872. The molecule has 3 rings (SSSR count). The lowest BCUT2D eigenvalue weighted by molar-refractivity contribution is 0.561. The molecule has 0 saturated heterocycles. The fraction of sp³-hybridized carbons (Fsp3) is 0.600. The molecule has 0 spiro atoms. The number of hydrogen-bond donors (Lipinski definition) is 1. The lowest BCUT2D eigenvalue weighted by atomic mass is 9.96. The van der Waals surface area contributed by atoms with E-state index in [4.69, 9.17) is 5.73 Å².